The number of piperidine rings is 1. The maximum absolute atomic E-state index is 13.7. The highest BCUT2D eigenvalue weighted by Crippen LogP contribution is 2.25. The number of carbonyl (C=O) groups is 1. The smallest absolute Gasteiger partial charge is 0.259 e. The van der Waals surface area contributed by atoms with E-state index in [0.717, 1.165) is 31.7 Å². The summed E-state index contributed by atoms with van der Waals surface area (Å²) in [6, 6.07) is 3.94. The highest BCUT2D eigenvalue weighted by Gasteiger charge is 2.30. The maximum atomic E-state index is 13.7. The topological polar surface area (TPSA) is 83.3 Å². The molecule has 0 aliphatic carbocycles. The number of nitrogens with one attached hydrogen (secondary N) is 2. The van der Waals surface area contributed by atoms with E-state index in [0.29, 0.717) is 36.2 Å². The second kappa shape index (κ2) is 9.60. The van der Waals surface area contributed by atoms with Crippen LogP contribution in [0.3, 0.4) is 0 Å². The van der Waals surface area contributed by atoms with E-state index in [2.05, 4.69) is 50.2 Å². The largest absolute Gasteiger partial charge is 0.467 e. The molecule has 7 nitrogen and oxygen atoms in total. The van der Waals surface area contributed by atoms with Gasteiger partial charge in [-0.2, -0.15) is 0 Å². The first-order valence-corrected chi connectivity index (χ1v) is 10.9. The van der Waals surface area contributed by atoms with Crippen molar-refractivity contribution in [3.05, 3.63) is 41.7 Å². The van der Waals surface area contributed by atoms with Crippen molar-refractivity contribution in [2.45, 2.75) is 65.5 Å². The molecule has 2 aromatic rings. The predicted octanol–water partition coefficient (Wildman–Crippen LogP) is 3.83. The number of aromatic nitrogens is 2. The quantitative estimate of drug-likeness (QED) is 0.718. The number of rotatable bonds is 7. The van der Waals surface area contributed by atoms with Gasteiger partial charge in [-0.1, -0.05) is 34.6 Å². The molecule has 1 aliphatic heterocycles. The Morgan fingerprint density at radius 1 is 1.40 bits per heavy atom. The number of hydrogen-bond donors (Lipinski definition) is 2. The second-order valence-electron chi connectivity index (χ2n) is 9.49. The zero-order chi connectivity index (χ0) is 21.7. The molecule has 1 saturated heterocycles. The van der Waals surface area contributed by atoms with Gasteiger partial charge in [0.15, 0.2) is 0 Å². The fourth-order valence-electron chi connectivity index (χ4n) is 3.66. The molecule has 2 N–H and O–H groups in total. The van der Waals surface area contributed by atoms with Crippen molar-refractivity contribution in [2.24, 2.45) is 5.92 Å². The minimum atomic E-state index is -0.215. The average molecular weight is 414 g/mol. The number of hydrogen-bond acceptors (Lipinski definition) is 6. The lowest BCUT2D eigenvalue weighted by molar-refractivity contribution is 0.0620. The van der Waals surface area contributed by atoms with Crippen molar-refractivity contribution in [3.63, 3.8) is 0 Å². The maximum Gasteiger partial charge on any atom is 0.259 e. The summed E-state index contributed by atoms with van der Waals surface area (Å²) in [6.45, 7) is 13.5. The summed E-state index contributed by atoms with van der Waals surface area (Å²) < 4.78 is 5.44. The predicted molar refractivity (Wildman–Crippen MR) is 119 cm³/mol. The molecule has 0 saturated carbocycles. The van der Waals surface area contributed by atoms with Gasteiger partial charge in [0.25, 0.3) is 5.91 Å². The van der Waals surface area contributed by atoms with Crippen LogP contribution in [0.15, 0.2) is 29.0 Å². The van der Waals surface area contributed by atoms with Crippen LogP contribution >= 0.6 is 0 Å². The van der Waals surface area contributed by atoms with Gasteiger partial charge < -0.3 is 20.0 Å². The Hall–Kier alpha value is -2.41. The van der Waals surface area contributed by atoms with Gasteiger partial charge in [-0.15, -0.1) is 0 Å². The lowest BCUT2D eigenvalue weighted by atomic mass is 9.95. The minimum absolute atomic E-state index is 0.0141. The second-order valence-corrected chi connectivity index (χ2v) is 9.49. The van der Waals surface area contributed by atoms with Crippen LogP contribution in [0, 0.1) is 5.92 Å². The molecule has 3 heterocycles. The van der Waals surface area contributed by atoms with E-state index in [-0.39, 0.29) is 17.4 Å². The van der Waals surface area contributed by atoms with Crippen molar-refractivity contribution in [1.82, 2.24) is 20.2 Å². The molecule has 164 valence electrons. The van der Waals surface area contributed by atoms with E-state index in [4.69, 9.17) is 9.40 Å². The summed E-state index contributed by atoms with van der Waals surface area (Å²) >= 11 is 0. The molecule has 0 aromatic carbocycles. The van der Waals surface area contributed by atoms with E-state index < -0.39 is 0 Å². The zero-order valence-electron chi connectivity index (χ0n) is 18.9. The Morgan fingerprint density at radius 3 is 2.80 bits per heavy atom. The van der Waals surface area contributed by atoms with Gasteiger partial charge in [0.2, 0.25) is 0 Å². The summed E-state index contributed by atoms with van der Waals surface area (Å²) in [5, 5.41) is 6.74. The fourth-order valence-corrected chi connectivity index (χ4v) is 3.66. The van der Waals surface area contributed by atoms with Gasteiger partial charge >= 0.3 is 0 Å². The summed E-state index contributed by atoms with van der Waals surface area (Å²) in [7, 11) is 0. The molecule has 3 rings (SSSR count). The molecule has 30 heavy (non-hydrogen) atoms. The SMILES string of the molecule is CC(C)CN(C(=O)c1cnc(C(C)(C)C)nc1NCc1ccco1)[C@H]1CCCNC1. The van der Waals surface area contributed by atoms with Crippen LogP contribution in [0.1, 0.15) is 69.4 Å². The summed E-state index contributed by atoms with van der Waals surface area (Å²) in [6.07, 6.45) is 5.42. The Balaban J connectivity index is 1.92. The monoisotopic (exact) mass is 413 g/mol. The van der Waals surface area contributed by atoms with Crippen LogP contribution < -0.4 is 10.6 Å². The molecule has 1 fully saturated rings. The van der Waals surface area contributed by atoms with E-state index in [1.54, 1.807) is 12.5 Å². The van der Waals surface area contributed by atoms with Gasteiger partial charge in [-0.05, 0) is 37.4 Å². The molecule has 1 aliphatic rings. The molecule has 0 spiro atoms. The molecule has 7 heteroatoms. The molecular weight excluding hydrogens is 378 g/mol. The molecule has 0 unspecified atom stereocenters. The molecular formula is C23H35N5O2. The Morgan fingerprint density at radius 2 is 2.20 bits per heavy atom. The van der Waals surface area contributed by atoms with Crippen LogP contribution in [0.25, 0.3) is 0 Å². The first-order valence-electron chi connectivity index (χ1n) is 10.9. The van der Waals surface area contributed by atoms with Crippen LogP contribution in [0.4, 0.5) is 5.82 Å². The number of nitrogens with zero attached hydrogens (tertiary/aromatic N) is 3. The van der Waals surface area contributed by atoms with Crippen LogP contribution in [-0.4, -0.2) is 46.5 Å². The van der Waals surface area contributed by atoms with Gasteiger partial charge in [-0.3, -0.25) is 4.79 Å². The number of amides is 1. The van der Waals surface area contributed by atoms with Crippen LogP contribution in [0.5, 0.6) is 0 Å². The summed E-state index contributed by atoms with van der Waals surface area (Å²) in [4.78, 5) is 25.0. The Labute approximate surface area is 179 Å². The minimum Gasteiger partial charge on any atom is -0.467 e. The van der Waals surface area contributed by atoms with E-state index >= 15 is 0 Å². The number of anilines is 1. The number of carbonyl (C=O) groups excluding carboxylic acids is 1. The molecule has 1 amide bonds. The Bertz CT molecular complexity index is 821. The van der Waals surface area contributed by atoms with Gasteiger partial charge in [0, 0.05) is 30.7 Å². The molecule has 1 atom stereocenters. The first kappa shape index (κ1) is 22.3. The van der Waals surface area contributed by atoms with Crippen molar-refractivity contribution in [2.75, 3.05) is 25.0 Å². The fraction of sp³-hybridized carbons (Fsp3) is 0.609. The van der Waals surface area contributed by atoms with E-state index in [9.17, 15) is 4.79 Å². The molecule has 0 bridgehead atoms. The van der Waals surface area contributed by atoms with Crippen molar-refractivity contribution < 1.29 is 9.21 Å². The third-order valence-corrected chi connectivity index (χ3v) is 5.23. The van der Waals surface area contributed by atoms with E-state index in [1.165, 1.54) is 0 Å². The zero-order valence-corrected chi connectivity index (χ0v) is 18.9. The Kier molecular flexibility index (Phi) is 7.13. The summed E-state index contributed by atoms with van der Waals surface area (Å²) in [5.41, 5.74) is 0.300. The highest BCUT2D eigenvalue weighted by molar-refractivity contribution is 5.98. The van der Waals surface area contributed by atoms with E-state index in [1.807, 2.05) is 17.0 Å². The molecule has 0 radical (unpaired) electrons. The average Bonchev–Trinajstić information content (AvgIpc) is 3.23. The van der Waals surface area contributed by atoms with Crippen molar-refractivity contribution in [3.8, 4) is 0 Å². The van der Waals surface area contributed by atoms with Crippen molar-refractivity contribution in [1.29, 1.82) is 0 Å². The third-order valence-electron chi connectivity index (χ3n) is 5.23. The summed E-state index contributed by atoms with van der Waals surface area (Å²) in [5.74, 6) is 2.43. The standard InChI is InChI=1S/C23H35N5O2/c1-16(2)15-28(17-8-6-10-24-12-17)21(29)19-14-26-22(23(3,4)5)27-20(19)25-13-18-9-7-11-30-18/h7,9,11,14,16-17,24H,6,8,10,12-13,15H2,1-5H3,(H,25,26,27)/t17-/m0/s1. The van der Waals surface area contributed by atoms with Gasteiger partial charge in [0.05, 0.1) is 12.8 Å². The van der Waals surface area contributed by atoms with Gasteiger partial charge in [0.1, 0.15) is 23.0 Å². The van der Waals surface area contributed by atoms with Gasteiger partial charge in [-0.25, -0.2) is 9.97 Å². The van der Waals surface area contributed by atoms with Crippen LogP contribution in [-0.2, 0) is 12.0 Å². The normalized spacial score (nSPS) is 17.2. The van der Waals surface area contributed by atoms with Crippen LogP contribution in [0.2, 0.25) is 0 Å². The lowest BCUT2D eigenvalue weighted by Crippen LogP contribution is -2.50. The number of furan rings is 1. The van der Waals surface area contributed by atoms with Crippen molar-refractivity contribution >= 4 is 11.7 Å². The molecule has 2 aromatic heterocycles. The first-order chi connectivity index (χ1) is 14.3. The third kappa shape index (κ3) is 5.59. The lowest BCUT2D eigenvalue weighted by Gasteiger charge is -2.36. The highest BCUT2D eigenvalue weighted by atomic mass is 16.3.